The van der Waals surface area contributed by atoms with Crippen molar-refractivity contribution < 1.29 is 22.4 Å². The summed E-state index contributed by atoms with van der Waals surface area (Å²) in [6.07, 6.45) is 0.195. The minimum absolute atomic E-state index is 0.0344. The van der Waals surface area contributed by atoms with E-state index in [4.69, 9.17) is 0 Å². The van der Waals surface area contributed by atoms with Crippen molar-refractivity contribution in [2.24, 2.45) is 0 Å². The van der Waals surface area contributed by atoms with Gasteiger partial charge in [0.2, 0.25) is 11.8 Å². The van der Waals surface area contributed by atoms with Gasteiger partial charge in [-0.15, -0.1) is 0 Å². The summed E-state index contributed by atoms with van der Waals surface area (Å²) >= 11 is 0. The number of hydrogen-bond acceptors (Lipinski definition) is 4. The molecule has 1 atom stereocenters. The Balaban J connectivity index is 1.83. The molecule has 0 heterocycles. The lowest BCUT2D eigenvalue weighted by atomic mass is 10.0. The van der Waals surface area contributed by atoms with Crippen LogP contribution in [-0.2, 0) is 32.6 Å². The Hall–Kier alpha value is -4.50. The number of aryl methyl sites for hydroxylation is 2. The molecule has 0 aliphatic heterocycles. The van der Waals surface area contributed by atoms with Crippen LogP contribution in [0.3, 0.4) is 0 Å². The minimum atomic E-state index is -4.21. The Kier molecular flexibility index (Phi) is 10.8. The lowest BCUT2D eigenvalue weighted by molar-refractivity contribution is -0.140. The van der Waals surface area contributed by atoms with Crippen molar-refractivity contribution in [2.75, 3.05) is 10.8 Å². The molecule has 0 aromatic heterocycles. The first-order valence-electron chi connectivity index (χ1n) is 14.9. The fourth-order valence-electron chi connectivity index (χ4n) is 5.08. The van der Waals surface area contributed by atoms with Crippen LogP contribution < -0.4 is 9.62 Å². The van der Waals surface area contributed by atoms with E-state index in [0.29, 0.717) is 16.8 Å². The summed E-state index contributed by atoms with van der Waals surface area (Å²) in [4.78, 5) is 29.7. The van der Waals surface area contributed by atoms with E-state index >= 15 is 0 Å². The fraction of sp³-hybridized carbons (Fsp3) is 0.278. The van der Waals surface area contributed by atoms with Crippen LogP contribution in [0.5, 0.6) is 0 Å². The molecule has 1 N–H and O–H groups in total. The number of halogens is 1. The van der Waals surface area contributed by atoms with Crippen molar-refractivity contribution in [3.63, 3.8) is 0 Å². The zero-order valence-corrected chi connectivity index (χ0v) is 27.1. The first-order valence-corrected chi connectivity index (χ1v) is 16.3. The number of hydrogen-bond donors (Lipinski definition) is 1. The molecule has 4 rings (SSSR count). The normalized spacial score (nSPS) is 12.1. The van der Waals surface area contributed by atoms with Gasteiger partial charge in [-0.25, -0.2) is 12.8 Å². The highest BCUT2D eigenvalue weighted by molar-refractivity contribution is 7.92. The standard InChI is InChI=1S/C36H40FN3O4S/c1-25(2)38-36(42)34(22-29-11-7-6-8-12-29)39(23-30-16-18-31(37)19-17-30)35(41)24-40(33-13-9-10-27(4)28(33)5)45(43,44)32-20-14-26(3)15-21-32/h6-21,25,34H,22-24H2,1-5H3,(H,38,42). The molecule has 0 radical (unpaired) electrons. The van der Waals surface area contributed by atoms with Gasteiger partial charge in [0.1, 0.15) is 18.4 Å². The Morgan fingerprint density at radius 3 is 2.07 bits per heavy atom. The van der Waals surface area contributed by atoms with E-state index in [1.54, 1.807) is 36.4 Å². The van der Waals surface area contributed by atoms with Gasteiger partial charge in [0.15, 0.2) is 0 Å². The monoisotopic (exact) mass is 629 g/mol. The number of amides is 2. The van der Waals surface area contributed by atoms with Crippen LogP contribution in [0.4, 0.5) is 10.1 Å². The predicted octanol–water partition coefficient (Wildman–Crippen LogP) is 6.11. The van der Waals surface area contributed by atoms with Crippen LogP contribution in [0.25, 0.3) is 0 Å². The quantitative estimate of drug-likeness (QED) is 0.205. The molecule has 0 aliphatic rings. The van der Waals surface area contributed by atoms with Crippen LogP contribution in [0.2, 0.25) is 0 Å². The summed E-state index contributed by atoms with van der Waals surface area (Å²) in [5, 5.41) is 2.93. The third-order valence-corrected chi connectivity index (χ3v) is 9.47. The Labute approximate surface area is 265 Å². The van der Waals surface area contributed by atoms with Crippen molar-refractivity contribution in [1.29, 1.82) is 0 Å². The van der Waals surface area contributed by atoms with E-state index in [1.807, 2.05) is 71.0 Å². The molecule has 0 aliphatic carbocycles. The third-order valence-electron chi connectivity index (χ3n) is 7.70. The number of carbonyl (C=O) groups excluding carboxylic acids is 2. The molecule has 9 heteroatoms. The molecule has 0 bridgehead atoms. The summed E-state index contributed by atoms with van der Waals surface area (Å²) < 4.78 is 43.4. The largest absolute Gasteiger partial charge is 0.352 e. The second-order valence-corrected chi connectivity index (χ2v) is 13.4. The van der Waals surface area contributed by atoms with Crippen molar-refractivity contribution in [2.45, 2.75) is 64.6 Å². The van der Waals surface area contributed by atoms with Crippen LogP contribution in [0, 0.1) is 26.6 Å². The van der Waals surface area contributed by atoms with Gasteiger partial charge in [0.05, 0.1) is 10.6 Å². The average Bonchev–Trinajstić information content (AvgIpc) is 3.00. The number of nitrogens with one attached hydrogen (secondary N) is 1. The molecule has 4 aromatic carbocycles. The lowest BCUT2D eigenvalue weighted by Crippen LogP contribution is -2.54. The number of carbonyl (C=O) groups is 2. The van der Waals surface area contributed by atoms with Crippen molar-refractivity contribution in [3.8, 4) is 0 Å². The van der Waals surface area contributed by atoms with Crippen molar-refractivity contribution in [1.82, 2.24) is 10.2 Å². The van der Waals surface area contributed by atoms with E-state index in [2.05, 4.69) is 5.32 Å². The Morgan fingerprint density at radius 1 is 0.800 bits per heavy atom. The van der Waals surface area contributed by atoms with E-state index in [-0.39, 0.29) is 29.8 Å². The Morgan fingerprint density at radius 2 is 1.44 bits per heavy atom. The molecule has 0 saturated carbocycles. The number of benzene rings is 4. The molecule has 45 heavy (non-hydrogen) atoms. The van der Waals surface area contributed by atoms with Gasteiger partial charge in [-0.05, 0) is 87.2 Å². The van der Waals surface area contributed by atoms with E-state index in [1.165, 1.54) is 29.2 Å². The summed E-state index contributed by atoms with van der Waals surface area (Å²) in [5.41, 5.74) is 4.28. The molecule has 0 fully saturated rings. The number of anilines is 1. The van der Waals surface area contributed by atoms with Crippen LogP contribution in [-0.4, -0.2) is 43.8 Å². The van der Waals surface area contributed by atoms with Crippen LogP contribution in [0.1, 0.15) is 41.7 Å². The van der Waals surface area contributed by atoms with Gasteiger partial charge in [-0.1, -0.05) is 72.3 Å². The molecular weight excluding hydrogens is 589 g/mol. The van der Waals surface area contributed by atoms with Gasteiger partial charge in [-0.2, -0.15) is 0 Å². The van der Waals surface area contributed by atoms with Gasteiger partial charge in [-0.3, -0.25) is 13.9 Å². The highest BCUT2D eigenvalue weighted by atomic mass is 32.2. The number of rotatable bonds is 12. The summed E-state index contributed by atoms with van der Waals surface area (Å²) in [6, 6.07) is 25.6. The lowest BCUT2D eigenvalue weighted by Gasteiger charge is -2.34. The highest BCUT2D eigenvalue weighted by Crippen LogP contribution is 2.29. The summed E-state index contributed by atoms with van der Waals surface area (Å²) in [7, 11) is -4.21. The number of nitrogens with zero attached hydrogens (tertiary/aromatic N) is 2. The first-order chi connectivity index (χ1) is 21.4. The SMILES string of the molecule is Cc1ccc(S(=O)(=O)N(CC(=O)N(Cc2ccc(F)cc2)C(Cc2ccccc2)C(=O)NC(C)C)c2cccc(C)c2C)cc1. The second kappa shape index (κ2) is 14.5. The molecule has 2 amide bonds. The highest BCUT2D eigenvalue weighted by Gasteiger charge is 2.35. The maximum absolute atomic E-state index is 14.5. The molecule has 236 valence electrons. The van der Waals surface area contributed by atoms with E-state index in [0.717, 1.165) is 21.0 Å². The maximum Gasteiger partial charge on any atom is 0.264 e. The molecule has 1 unspecified atom stereocenters. The van der Waals surface area contributed by atoms with Crippen molar-refractivity contribution >= 4 is 27.5 Å². The zero-order valence-electron chi connectivity index (χ0n) is 26.3. The fourth-order valence-corrected chi connectivity index (χ4v) is 6.55. The van der Waals surface area contributed by atoms with Gasteiger partial charge >= 0.3 is 0 Å². The molecule has 0 saturated heterocycles. The Bertz CT molecular complexity index is 1720. The van der Waals surface area contributed by atoms with Gasteiger partial charge < -0.3 is 10.2 Å². The summed E-state index contributed by atoms with van der Waals surface area (Å²) in [5.74, 6) is -1.37. The van der Waals surface area contributed by atoms with E-state index < -0.39 is 34.3 Å². The van der Waals surface area contributed by atoms with E-state index in [9.17, 15) is 22.4 Å². The minimum Gasteiger partial charge on any atom is -0.352 e. The maximum atomic E-state index is 14.5. The molecule has 0 spiro atoms. The van der Waals surface area contributed by atoms with Crippen LogP contribution in [0.15, 0.2) is 102 Å². The average molecular weight is 630 g/mol. The van der Waals surface area contributed by atoms with Crippen molar-refractivity contribution in [3.05, 3.63) is 131 Å². The summed E-state index contributed by atoms with van der Waals surface area (Å²) in [6.45, 7) is 8.64. The third kappa shape index (κ3) is 8.36. The predicted molar refractivity (Wildman–Crippen MR) is 176 cm³/mol. The smallest absolute Gasteiger partial charge is 0.264 e. The zero-order chi connectivity index (χ0) is 32.7. The van der Waals surface area contributed by atoms with Gasteiger partial charge in [0, 0.05) is 19.0 Å². The molecule has 7 nitrogen and oxygen atoms in total. The van der Waals surface area contributed by atoms with Crippen LogP contribution >= 0.6 is 0 Å². The van der Waals surface area contributed by atoms with Gasteiger partial charge in [0.25, 0.3) is 10.0 Å². The topological polar surface area (TPSA) is 86.8 Å². The number of sulfonamides is 1. The first kappa shape index (κ1) is 33.4. The molecule has 4 aromatic rings. The molecular formula is C36H40FN3O4S. The second-order valence-electron chi connectivity index (χ2n) is 11.6.